The van der Waals surface area contributed by atoms with Crippen LogP contribution in [0.25, 0.3) is 5.76 Å². The van der Waals surface area contributed by atoms with Crippen molar-refractivity contribution in [2.24, 2.45) is 0 Å². The molecule has 2 aromatic carbocycles. The predicted molar refractivity (Wildman–Crippen MR) is 81.9 cm³/mol. The third-order valence-corrected chi connectivity index (χ3v) is 2.90. The van der Waals surface area contributed by atoms with Crippen LogP contribution in [0.4, 0.5) is 0 Å². The maximum atomic E-state index is 11.7. The number of hydrogen-bond acceptors (Lipinski definition) is 3. The van der Waals surface area contributed by atoms with Gasteiger partial charge in [-0.05, 0) is 18.2 Å². The fourth-order valence-corrected chi connectivity index (χ4v) is 1.86. The number of benzene rings is 2. The summed E-state index contributed by atoms with van der Waals surface area (Å²) in [6.07, 6.45) is 0. The van der Waals surface area contributed by atoms with Crippen molar-refractivity contribution in [3.05, 3.63) is 77.4 Å². The second-order valence-corrected chi connectivity index (χ2v) is 4.28. The minimum absolute atomic E-state index is 0.0406. The fourth-order valence-electron chi connectivity index (χ4n) is 1.86. The van der Waals surface area contributed by atoms with Gasteiger partial charge in [-0.3, -0.25) is 0 Å². The first-order chi connectivity index (χ1) is 10.1. The lowest BCUT2D eigenvalue weighted by molar-refractivity contribution is 0.0600. The van der Waals surface area contributed by atoms with Crippen molar-refractivity contribution in [3.8, 4) is 11.8 Å². The minimum atomic E-state index is -0.431. The van der Waals surface area contributed by atoms with Crippen LogP contribution in [-0.4, -0.2) is 18.2 Å². The highest BCUT2D eigenvalue weighted by Crippen LogP contribution is 2.15. The predicted octanol–water partition coefficient (Wildman–Crippen LogP) is 3.40. The van der Waals surface area contributed by atoms with E-state index in [0.29, 0.717) is 22.3 Å². The first kappa shape index (κ1) is 14.4. The van der Waals surface area contributed by atoms with Crippen LogP contribution in [0.3, 0.4) is 0 Å². The number of aliphatic hydroxyl groups is 1. The molecule has 0 saturated heterocycles. The van der Waals surface area contributed by atoms with Gasteiger partial charge in [-0.25, -0.2) is 4.79 Å². The topological polar surface area (TPSA) is 46.5 Å². The summed E-state index contributed by atoms with van der Waals surface area (Å²) in [5.74, 6) is 5.42. The number of esters is 1. The Morgan fingerprint density at radius 1 is 1.00 bits per heavy atom. The smallest absolute Gasteiger partial charge is 0.339 e. The summed E-state index contributed by atoms with van der Waals surface area (Å²) in [4.78, 5) is 11.7. The van der Waals surface area contributed by atoms with E-state index in [2.05, 4.69) is 18.4 Å². The van der Waals surface area contributed by atoms with Crippen LogP contribution in [-0.2, 0) is 4.74 Å². The van der Waals surface area contributed by atoms with Gasteiger partial charge in [0.15, 0.2) is 0 Å². The van der Waals surface area contributed by atoms with Crippen molar-refractivity contribution >= 4 is 11.7 Å². The van der Waals surface area contributed by atoms with Gasteiger partial charge in [0.05, 0.1) is 12.7 Å². The highest BCUT2D eigenvalue weighted by atomic mass is 16.5. The molecule has 104 valence electrons. The normalized spacial score (nSPS) is 9.38. The lowest BCUT2D eigenvalue weighted by Crippen LogP contribution is -2.03. The molecule has 0 aliphatic carbocycles. The Labute approximate surface area is 123 Å². The number of rotatable bonds is 2. The van der Waals surface area contributed by atoms with Crippen LogP contribution in [0.1, 0.15) is 27.0 Å². The summed E-state index contributed by atoms with van der Waals surface area (Å²) < 4.78 is 4.73. The van der Waals surface area contributed by atoms with Crippen LogP contribution >= 0.6 is 0 Å². The van der Waals surface area contributed by atoms with E-state index in [0.717, 1.165) is 0 Å². The van der Waals surface area contributed by atoms with Crippen molar-refractivity contribution in [2.75, 3.05) is 7.11 Å². The zero-order chi connectivity index (χ0) is 15.2. The van der Waals surface area contributed by atoms with Crippen LogP contribution in [0.5, 0.6) is 0 Å². The van der Waals surface area contributed by atoms with E-state index in [1.165, 1.54) is 7.11 Å². The van der Waals surface area contributed by atoms with E-state index < -0.39 is 5.97 Å². The van der Waals surface area contributed by atoms with Crippen molar-refractivity contribution in [2.45, 2.75) is 0 Å². The van der Waals surface area contributed by atoms with Gasteiger partial charge in [0.1, 0.15) is 5.76 Å². The van der Waals surface area contributed by atoms with E-state index in [9.17, 15) is 9.90 Å². The molecular weight excluding hydrogens is 264 g/mol. The van der Waals surface area contributed by atoms with Gasteiger partial charge in [0, 0.05) is 16.7 Å². The van der Waals surface area contributed by atoms with Crippen LogP contribution in [0.15, 0.2) is 55.1 Å². The first-order valence-electron chi connectivity index (χ1n) is 6.30. The van der Waals surface area contributed by atoms with Gasteiger partial charge in [-0.1, -0.05) is 48.8 Å². The molecule has 0 heterocycles. The molecule has 0 atom stereocenters. The number of methoxy groups -OCH3 is 1. The van der Waals surface area contributed by atoms with E-state index in [1.54, 1.807) is 42.5 Å². The Hall–Kier alpha value is -2.99. The van der Waals surface area contributed by atoms with Crippen LogP contribution in [0, 0.1) is 11.8 Å². The SMILES string of the molecule is C=C(O)c1ccccc1C#Cc1ccccc1C(=O)OC. The van der Waals surface area contributed by atoms with Crippen molar-refractivity contribution in [3.63, 3.8) is 0 Å². The first-order valence-corrected chi connectivity index (χ1v) is 6.30. The van der Waals surface area contributed by atoms with Gasteiger partial charge >= 0.3 is 5.97 Å². The molecule has 2 rings (SSSR count). The Bertz CT molecular complexity index is 748. The average Bonchev–Trinajstić information content (AvgIpc) is 2.52. The second-order valence-electron chi connectivity index (χ2n) is 4.28. The molecule has 0 fully saturated rings. The number of ether oxygens (including phenoxy) is 1. The van der Waals surface area contributed by atoms with Crippen molar-refractivity contribution < 1.29 is 14.6 Å². The number of carbonyl (C=O) groups excluding carboxylic acids is 1. The molecule has 2 aromatic rings. The fraction of sp³-hybridized carbons (Fsp3) is 0.0556. The number of aliphatic hydroxyl groups excluding tert-OH is 1. The Morgan fingerprint density at radius 2 is 1.48 bits per heavy atom. The highest BCUT2D eigenvalue weighted by molar-refractivity contribution is 5.92. The molecule has 0 aliphatic rings. The van der Waals surface area contributed by atoms with E-state index in [-0.39, 0.29) is 5.76 Å². The van der Waals surface area contributed by atoms with Gasteiger partial charge in [0.2, 0.25) is 0 Å². The Kier molecular flexibility index (Phi) is 4.43. The summed E-state index contributed by atoms with van der Waals surface area (Å²) in [7, 11) is 1.33. The molecule has 0 spiro atoms. The lowest BCUT2D eigenvalue weighted by Gasteiger charge is -2.03. The van der Waals surface area contributed by atoms with E-state index in [4.69, 9.17) is 4.74 Å². The van der Waals surface area contributed by atoms with Gasteiger partial charge in [0.25, 0.3) is 0 Å². The van der Waals surface area contributed by atoms with E-state index in [1.807, 2.05) is 6.07 Å². The summed E-state index contributed by atoms with van der Waals surface area (Å²) in [6, 6.07) is 14.1. The maximum absolute atomic E-state index is 11.7. The standard InChI is InChI=1S/C18H14O3/c1-13(19)16-9-5-3-7-14(16)11-12-15-8-4-6-10-17(15)18(20)21-2/h3-10,19H,1H2,2H3. The zero-order valence-electron chi connectivity index (χ0n) is 11.6. The van der Waals surface area contributed by atoms with Crippen LogP contribution in [0.2, 0.25) is 0 Å². The highest BCUT2D eigenvalue weighted by Gasteiger charge is 2.09. The lowest BCUT2D eigenvalue weighted by atomic mass is 10.0. The molecule has 0 saturated carbocycles. The number of carbonyl (C=O) groups is 1. The summed E-state index contributed by atoms with van der Waals surface area (Å²) in [5.41, 5.74) is 2.20. The monoisotopic (exact) mass is 278 g/mol. The Morgan fingerprint density at radius 3 is 2.00 bits per heavy atom. The third kappa shape index (κ3) is 3.31. The molecule has 0 bridgehead atoms. The molecule has 0 amide bonds. The van der Waals surface area contributed by atoms with Crippen molar-refractivity contribution in [1.29, 1.82) is 0 Å². The molecule has 21 heavy (non-hydrogen) atoms. The molecule has 1 N–H and O–H groups in total. The van der Waals surface area contributed by atoms with Gasteiger partial charge in [-0.15, -0.1) is 0 Å². The average molecular weight is 278 g/mol. The largest absolute Gasteiger partial charge is 0.508 e. The summed E-state index contributed by atoms with van der Waals surface area (Å²) in [6.45, 7) is 3.51. The molecule has 0 aromatic heterocycles. The van der Waals surface area contributed by atoms with E-state index >= 15 is 0 Å². The maximum Gasteiger partial charge on any atom is 0.339 e. The van der Waals surface area contributed by atoms with Crippen LogP contribution < -0.4 is 0 Å². The second kappa shape index (κ2) is 6.44. The molecule has 0 radical (unpaired) electrons. The van der Waals surface area contributed by atoms with Crippen molar-refractivity contribution in [1.82, 2.24) is 0 Å². The molecule has 0 aliphatic heterocycles. The molecule has 3 nitrogen and oxygen atoms in total. The quantitative estimate of drug-likeness (QED) is 0.520. The molecule has 0 unspecified atom stereocenters. The minimum Gasteiger partial charge on any atom is -0.508 e. The zero-order valence-corrected chi connectivity index (χ0v) is 11.6. The molecular formula is C18H14O3. The molecule has 3 heteroatoms. The van der Waals surface area contributed by atoms with Gasteiger partial charge in [-0.2, -0.15) is 0 Å². The summed E-state index contributed by atoms with van der Waals surface area (Å²) >= 11 is 0. The summed E-state index contributed by atoms with van der Waals surface area (Å²) in [5, 5.41) is 9.55. The number of hydrogen-bond donors (Lipinski definition) is 1. The Balaban J connectivity index is 2.46. The third-order valence-electron chi connectivity index (χ3n) is 2.90. The van der Waals surface area contributed by atoms with Gasteiger partial charge < -0.3 is 9.84 Å².